The minimum atomic E-state index is 0. The summed E-state index contributed by atoms with van der Waals surface area (Å²) in [7, 11) is 5.44. The molecule has 0 spiro atoms. The van der Waals surface area contributed by atoms with Crippen molar-refractivity contribution < 1.29 is 5.71 Å². The summed E-state index contributed by atoms with van der Waals surface area (Å²) in [6, 6.07) is 0. The maximum absolute atomic E-state index is 4.64. The first-order valence-corrected chi connectivity index (χ1v) is 1.73. The van der Waals surface area contributed by atoms with E-state index in [4.69, 9.17) is 0 Å². The second-order valence-electron chi connectivity index (χ2n) is 0. The van der Waals surface area contributed by atoms with Gasteiger partial charge in [-0.3, -0.25) is 0 Å². The minimum Gasteiger partial charge on any atom is -1.00 e. The molecular weight excluding hydrogens is 216 g/mol. The Morgan fingerprint density at radius 1 is 1.50 bits per heavy atom. The molecule has 0 bridgehead atoms. The zero-order valence-corrected chi connectivity index (χ0v) is 11.6. The standard InChI is InChI=1S/BH3Si.Ba.Ca.4H/c1-2;;;;;;/h2H3;;;;;;/q;2*+2;4*-1. The molecule has 0 rings (SSSR count). The molecule has 0 saturated carbocycles. The molecule has 0 atom stereocenters. The quantitative estimate of drug-likeness (QED) is 0.422. The van der Waals surface area contributed by atoms with Crippen molar-refractivity contribution in [1.29, 1.82) is 0 Å². The normalized spacial score (nSPS) is 2.00. The fourth-order valence-corrected chi connectivity index (χ4v) is 0. The van der Waals surface area contributed by atoms with Crippen molar-refractivity contribution in [3.63, 3.8) is 0 Å². The fraction of sp³-hybridized carbons (Fsp3) is 0. The molecule has 2 radical (unpaired) electrons. The van der Waals surface area contributed by atoms with Crippen LogP contribution in [0, 0.1) is 0 Å². The van der Waals surface area contributed by atoms with Crippen molar-refractivity contribution in [3.8, 4) is 0 Å². The van der Waals surface area contributed by atoms with Crippen LogP contribution >= 0.6 is 0 Å². The van der Waals surface area contributed by atoms with E-state index < -0.39 is 0 Å². The molecule has 18 valence electrons. The molecule has 0 aliphatic rings. The van der Waals surface area contributed by atoms with Gasteiger partial charge in [0.05, 0.1) is 0 Å². The van der Waals surface area contributed by atoms with Gasteiger partial charge in [-0.15, -0.1) is 0 Å². The third-order valence-electron chi connectivity index (χ3n) is 0. The van der Waals surface area contributed by atoms with Gasteiger partial charge in [0.25, 0.3) is 0 Å². The second-order valence-corrected chi connectivity index (χ2v) is 0. The second kappa shape index (κ2) is 16.5. The Hall–Kier alpha value is 3.11. The maximum Gasteiger partial charge on any atom is 2.00 e. The molecule has 0 N–H and O–H groups in total. The predicted octanol–water partition coefficient (Wildman–Crippen LogP) is -1.88. The fourth-order valence-electron chi connectivity index (χ4n) is 0. The molecule has 0 heterocycles. The Bertz CT molecular complexity index is 16.0. The Kier molecular flexibility index (Phi) is 64.8. The molecule has 0 saturated heterocycles. The van der Waals surface area contributed by atoms with E-state index in [0.29, 0.717) is 0 Å². The summed E-state index contributed by atoms with van der Waals surface area (Å²) in [5, 5.41) is 0. The summed E-state index contributed by atoms with van der Waals surface area (Å²) in [5.74, 6) is 0. The van der Waals surface area contributed by atoms with E-state index in [1.807, 2.05) is 0 Å². The van der Waals surface area contributed by atoms with E-state index in [1.165, 1.54) is 0 Å². The summed E-state index contributed by atoms with van der Waals surface area (Å²) < 4.78 is 0. The van der Waals surface area contributed by atoms with Gasteiger partial charge in [-0.05, 0) is 10.1 Å². The monoisotopic (exact) mass is 224 g/mol. The molecular formula is H7BBaCaSi. The Morgan fingerprint density at radius 3 is 1.50 bits per heavy atom. The summed E-state index contributed by atoms with van der Waals surface area (Å²) in [6.45, 7) is 0. The Morgan fingerprint density at radius 2 is 1.50 bits per heavy atom. The summed E-state index contributed by atoms with van der Waals surface area (Å²) in [5.41, 5.74) is 0. The van der Waals surface area contributed by atoms with Gasteiger partial charge in [0, 0.05) is 7.44 Å². The first-order valence-electron chi connectivity index (χ1n) is 0.577. The number of rotatable bonds is 0. The average Bonchev–Trinajstić information content (AvgIpc) is 1.00. The van der Waals surface area contributed by atoms with Crippen LogP contribution in [0.15, 0.2) is 0 Å². The molecule has 4 heteroatoms. The van der Waals surface area contributed by atoms with Gasteiger partial charge in [-0.25, -0.2) is 0 Å². The van der Waals surface area contributed by atoms with Crippen LogP contribution in [0.4, 0.5) is 0 Å². The molecule has 0 aromatic heterocycles. The van der Waals surface area contributed by atoms with E-state index >= 15 is 0 Å². The van der Waals surface area contributed by atoms with Gasteiger partial charge in [-0.1, -0.05) is 0 Å². The SMILES string of the molecule is [B][SiH3].[Ba+2].[Ca+2].[H-].[H-].[H-].[H-]. The van der Waals surface area contributed by atoms with Crippen LogP contribution in [-0.4, -0.2) is 104 Å². The first-order chi connectivity index (χ1) is 1.00. The molecule has 0 aliphatic heterocycles. The van der Waals surface area contributed by atoms with Crippen molar-refractivity contribution in [2.45, 2.75) is 0 Å². The zero-order valence-electron chi connectivity index (χ0n) is 6.99. The van der Waals surface area contributed by atoms with Crippen LogP contribution in [0.5, 0.6) is 0 Å². The maximum atomic E-state index is 4.64. The van der Waals surface area contributed by atoms with Crippen LogP contribution in [0.25, 0.3) is 0 Å². The minimum absolute atomic E-state index is 0. The molecule has 0 fully saturated rings. The van der Waals surface area contributed by atoms with Gasteiger partial charge in [0.1, 0.15) is 0 Å². The Labute approximate surface area is 107 Å². The third-order valence-corrected chi connectivity index (χ3v) is 0. The number of hydrogen-bond acceptors (Lipinski definition) is 0. The Balaban J connectivity index is -0.000000000333. The van der Waals surface area contributed by atoms with Crippen LogP contribution in [0.2, 0.25) is 0 Å². The smallest absolute Gasteiger partial charge is 1.00 e. The molecule has 0 aromatic carbocycles. The summed E-state index contributed by atoms with van der Waals surface area (Å²) in [6.07, 6.45) is 0. The molecule has 0 aromatic rings. The van der Waals surface area contributed by atoms with Gasteiger partial charge in [-0.2, -0.15) is 0 Å². The topological polar surface area (TPSA) is 0 Å². The number of hydrogen-bond donors (Lipinski definition) is 0. The summed E-state index contributed by atoms with van der Waals surface area (Å²) >= 11 is 0. The molecule has 0 nitrogen and oxygen atoms in total. The largest absolute Gasteiger partial charge is 2.00 e. The van der Waals surface area contributed by atoms with Crippen LogP contribution in [-0.2, 0) is 0 Å². The molecule has 0 amide bonds. The van der Waals surface area contributed by atoms with E-state index in [2.05, 4.69) is 7.44 Å². The van der Waals surface area contributed by atoms with Crippen molar-refractivity contribution in [2.75, 3.05) is 0 Å². The molecule has 4 heavy (non-hydrogen) atoms. The van der Waals surface area contributed by atoms with E-state index in [0.717, 1.165) is 10.1 Å². The average molecular weight is 223 g/mol. The van der Waals surface area contributed by atoms with Crippen molar-refractivity contribution >= 4 is 104 Å². The third kappa shape index (κ3) is 8.93. The van der Waals surface area contributed by atoms with Gasteiger partial charge in [0.15, 0.2) is 0 Å². The van der Waals surface area contributed by atoms with Crippen LogP contribution < -0.4 is 0 Å². The summed E-state index contributed by atoms with van der Waals surface area (Å²) in [4.78, 5) is 0. The molecule has 0 aliphatic carbocycles. The van der Waals surface area contributed by atoms with E-state index in [-0.39, 0.29) is 92.3 Å². The van der Waals surface area contributed by atoms with Crippen molar-refractivity contribution in [1.82, 2.24) is 0 Å². The zero-order chi connectivity index (χ0) is 2.00. The van der Waals surface area contributed by atoms with Crippen molar-refractivity contribution in [3.05, 3.63) is 0 Å². The van der Waals surface area contributed by atoms with Crippen LogP contribution in [0.1, 0.15) is 5.71 Å². The van der Waals surface area contributed by atoms with Crippen LogP contribution in [0.3, 0.4) is 0 Å². The van der Waals surface area contributed by atoms with Gasteiger partial charge >= 0.3 is 86.6 Å². The van der Waals surface area contributed by atoms with E-state index in [1.54, 1.807) is 0 Å². The molecule has 0 unspecified atom stereocenters. The van der Waals surface area contributed by atoms with Crippen molar-refractivity contribution in [2.24, 2.45) is 0 Å². The predicted molar refractivity (Wildman–Crippen MR) is 31.6 cm³/mol. The van der Waals surface area contributed by atoms with E-state index in [9.17, 15) is 0 Å². The first kappa shape index (κ1) is 15.7. The van der Waals surface area contributed by atoms with Gasteiger partial charge in [0.2, 0.25) is 0 Å². The van der Waals surface area contributed by atoms with Gasteiger partial charge < -0.3 is 5.71 Å².